The summed E-state index contributed by atoms with van der Waals surface area (Å²) in [6, 6.07) is 53.9. The van der Waals surface area contributed by atoms with E-state index >= 15 is 0 Å². The van der Waals surface area contributed by atoms with Crippen molar-refractivity contribution in [1.29, 1.82) is 0 Å². The van der Waals surface area contributed by atoms with Crippen LogP contribution in [-0.4, -0.2) is 0 Å². The first-order chi connectivity index (χ1) is 19.8. The predicted octanol–water partition coefficient (Wildman–Crippen LogP) is 11.0. The van der Waals surface area contributed by atoms with Gasteiger partial charge in [-0.1, -0.05) is 109 Å². The third kappa shape index (κ3) is 3.65. The van der Waals surface area contributed by atoms with Gasteiger partial charge in [-0.2, -0.15) is 0 Å². The van der Waals surface area contributed by atoms with Gasteiger partial charge in [-0.25, -0.2) is 0 Å². The van der Waals surface area contributed by atoms with Gasteiger partial charge < -0.3 is 9.32 Å². The van der Waals surface area contributed by atoms with Gasteiger partial charge in [-0.3, -0.25) is 0 Å². The Morgan fingerprint density at radius 1 is 0.400 bits per heavy atom. The van der Waals surface area contributed by atoms with Gasteiger partial charge in [-0.05, 0) is 69.8 Å². The Morgan fingerprint density at radius 2 is 1.05 bits per heavy atom. The Balaban J connectivity index is 1.40. The van der Waals surface area contributed by atoms with Crippen molar-refractivity contribution in [2.75, 3.05) is 4.90 Å². The zero-order valence-corrected chi connectivity index (χ0v) is 21.8. The fraction of sp³-hybridized carbons (Fsp3) is 0. The number of rotatable bonds is 4. The molecule has 2 nitrogen and oxygen atoms in total. The summed E-state index contributed by atoms with van der Waals surface area (Å²) in [4.78, 5) is 2.39. The molecule has 0 amide bonds. The molecular weight excluding hydrogens is 486 g/mol. The molecule has 0 atom stereocenters. The topological polar surface area (TPSA) is 16.4 Å². The van der Waals surface area contributed by atoms with E-state index < -0.39 is 0 Å². The highest BCUT2D eigenvalue weighted by Gasteiger charge is 2.21. The first-order valence-electron chi connectivity index (χ1n) is 13.6. The summed E-state index contributed by atoms with van der Waals surface area (Å²) in [6.45, 7) is 0. The van der Waals surface area contributed by atoms with Crippen LogP contribution >= 0.6 is 0 Å². The Morgan fingerprint density at radius 3 is 1.98 bits per heavy atom. The van der Waals surface area contributed by atoms with Gasteiger partial charge in [-0.15, -0.1) is 0 Å². The third-order valence-corrected chi connectivity index (χ3v) is 7.82. The SMILES string of the molecule is c1cc(-c2ccc3ccccc3c2)cc(N(c2cccc3ccccc23)c2cccc3oc4ccccc4c23)c1. The number of hydrogen-bond acceptors (Lipinski definition) is 2. The quantitative estimate of drug-likeness (QED) is 0.234. The van der Waals surface area contributed by atoms with Crippen molar-refractivity contribution < 1.29 is 4.42 Å². The van der Waals surface area contributed by atoms with Gasteiger partial charge >= 0.3 is 0 Å². The van der Waals surface area contributed by atoms with Crippen LogP contribution in [0.2, 0.25) is 0 Å². The molecule has 7 aromatic carbocycles. The average molecular weight is 512 g/mol. The Kier molecular flexibility index (Phi) is 5.17. The standard InChI is InChI=1S/C38H25NO/c1-2-12-28-24-30(23-22-26(28)10-1)29-14-7-15-31(25-29)39(34-18-8-13-27-11-3-4-16-32(27)34)35-19-9-21-37-38(35)33-17-5-6-20-36(33)40-37/h1-25H. The highest BCUT2D eigenvalue weighted by Crippen LogP contribution is 2.45. The molecule has 0 saturated heterocycles. The summed E-state index contributed by atoms with van der Waals surface area (Å²) < 4.78 is 6.31. The zero-order valence-electron chi connectivity index (χ0n) is 21.8. The van der Waals surface area contributed by atoms with Crippen LogP contribution in [0, 0.1) is 0 Å². The molecule has 0 unspecified atom stereocenters. The first kappa shape index (κ1) is 22.6. The lowest BCUT2D eigenvalue weighted by Crippen LogP contribution is -2.11. The van der Waals surface area contributed by atoms with E-state index in [1.165, 1.54) is 32.7 Å². The van der Waals surface area contributed by atoms with Crippen LogP contribution in [0.25, 0.3) is 54.6 Å². The van der Waals surface area contributed by atoms with Crippen molar-refractivity contribution in [2.45, 2.75) is 0 Å². The maximum absolute atomic E-state index is 6.31. The largest absolute Gasteiger partial charge is 0.456 e. The third-order valence-electron chi connectivity index (χ3n) is 7.82. The molecule has 0 fully saturated rings. The van der Waals surface area contributed by atoms with Gasteiger partial charge in [0.15, 0.2) is 0 Å². The molecule has 0 aliphatic carbocycles. The smallest absolute Gasteiger partial charge is 0.137 e. The molecule has 40 heavy (non-hydrogen) atoms. The molecule has 0 radical (unpaired) electrons. The van der Waals surface area contributed by atoms with E-state index in [0.29, 0.717) is 0 Å². The van der Waals surface area contributed by atoms with E-state index in [0.717, 1.165) is 39.0 Å². The maximum Gasteiger partial charge on any atom is 0.137 e. The second kappa shape index (κ2) is 9.14. The van der Waals surface area contributed by atoms with Gasteiger partial charge in [0.2, 0.25) is 0 Å². The number of fused-ring (bicyclic) bond motifs is 5. The van der Waals surface area contributed by atoms with E-state index in [1.54, 1.807) is 0 Å². The summed E-state index contributed by atoms with van der Waals surface area (Å²) in [5.74, 6) is 0. The van der Waals surface area contributed by atoms with Crippen molar-refractivity contribution in [1.82, 2.24) is 0 Å². The predicted molar refractivity (Wildman–Crippen MR) is 169 cm³/mol. The lowest BCUT2D eigenvalue weighted by Gasteiger charge is -2.28. The molecule has 0 bridgehead atoms. The minimum atomic E-state index is 0.884. The van der Waals surface area contributed by atoms with Crippen molar-refractivity contribution >= 4 is 60.5 Å². The van der Waals surface area contributed by atoms with Crippen LogP contribution in [0.3, 0.4) is 0 Å². The average Bonchev–Trinajstić information content (AvgIpc) is 3.41. The van der Waals surface area contributed by atoms with Crippen molar-refractivity contribution in [3.63, 3.8) is 0 Å². The lowest BCUT2D eigenvalue weighted by molar-refractivity contribution is 0.669. The van der Waals surface area contributed by atoms with E-state index in [2.05, 4.69) is 144 Å². The van der Waals surface area contributed by atoms with Crippen LogP contribution in [0.15, 0.2) is 156 Å². The van der Waals surface area contributed by atoms with E-state index in [4.69, 9.17) is 4.42 Å². The Hall–Kier alpha value is -5.34. The second-order valence-electron chi connectivity index (χ2n) is 10.2. The fourth-order valence-electron chi connectivity index (χ4n) is 5.95. The molecule has 0 aliphatic rings. The lowest BCUT2D eigenvalue weighted by atomic mass is 9.99. The molecule has 188 valence electrons. The highest BCUT2D eigenvalue weighted by atomic mass is 16.3. The Labute approximate surface area is 232 Å². The number of nitrogens with zero attached hydrogens (tertiary/aromatic N) is 1. The van der Waals surface area contributed by atoms with Crippen LogP contribution in [0.5, 0.6) is 0 Å². The molecule has 1 aromatic heterocycles. The van der Waals surface area contributed by atoms with Gasteiger partial charge in [0.1, 0.15) is 11.2 Å². The molecule has 0 N–H and O–H groups in total. The molecule has 0 spiro atoms. The van der Waals surface area contributed by atoms with E-state index in [9.17, 15) is 0 Å². The fourth-order valence-corrected chi connectivity index (χ4v) is 5.95. The summed E-state index contributed by atoms with van der Waals surface area (Å²) in [7, 11) is 0. The first-order valence-corrected chi connectivity index (χ1v) is 13.6. The van der Waals surface area contributed by atoms with Crippen LogP contribution in [0.4, 0.5) is 17.1 Å². The summed E-state index contributed by atoms with van der Waals surface area (Å²) in [5, 5.41) is 7.13. The van der Waals surface area contributed by atoms with Gasteiger partial charge in [0.05, 0.1) is 16.8 Å². The number of anilines is 3. The zero-order chi connectivity index (χ0) is 26.5. The Bertz CT molecular complexity index is 2180. The monoisotopic (exact) mass is 511 g/mol. The molecular formula is C38H25NO. The molecule has 8 aromatic rings. The number of furan rings is 1. The van der Waals surface area contributed by atoms with Crippen LogP contribution in [-0.2, 0) is 0 Å². The maximum atomic E-state index is 6.31. The molecule has 0 saturated carbocycles. The summed E-state index contributed by atoms with van der Waals surface area (Å²) >= 11 is 0. The van der Waals surface area contributed by atoms with E-state index in [-0.39, 0.29) is 0 Å². The number of para-hydroxylation sites is 1. The van der Waals surface area contributed by atoms with Crippen molar-refractivity contribution in [3.8, 4) is 11.1 Å². The summed E-state index contributed by atoms with van der Waals surface area (Å²) in [6.07, 6.45) is 0. The molecule has 2 heteroatoms. The molecule has 8 rings (SSSR count). The highest BCUT2D eigenvalue weighted by molar-refractivity contribution is 6.14. The van der Waals surface area contributed by atoms with Crippen molar-refractivity contribution in [3.05, 3.63) is 152 Å². The molecule has 0 aliphatic heterocycles. The number of benzene rings is 7. The second-order valence-corrected chi connectivity index (χ2v) is 10.2. The van der Waals surface area contributed by atoms with Crippen molar-refractivity contribution in [2.24, 2.45) is 0 Å². The molecule has 1 heterocycles. The normalized spacial score (nSPS) is 11.5. The summed E-state index contributed by atoms with van der Waals surface area (Å²) in [5.41, 5.74) is 7.48. The van der Waals surface area contributed by atoms with Gasteiger partial charge in [0.25, 0.3) is 0 Å². The minimum Gasteiger partial charge on any atom is -0.456 e. The minimum absolute atomic E-state index is 0.884. The van der Waals surface area contributed by atoms with Crippen LogP contribution < -0.4 is 4.90 Å². The van der Waals surface area contributed by atoms with Crippen LogP contribution in [0.1, 0.15) is 0 Å². The number of hydrogen-bond donors (Lipinski definition) is 0. The van der Waals surface area contributed by atoms with E-state index in [1.807, 2.05) is 12.1 Å². The van der Waals surface area contributed by atoms with Gasteiger partial charge in [0, 0.05) is 16.5 Å².